The lowest BCUT2D eigenvalue weighted by Crippen LogP contribution is -2.29. The molecule has 0 radical (unpaired) electrons. The summed E-state index contributed by atoms with van der Waals surface area (Å²) < 4.78 is 5.37. The molecule has 18 heavy (non-hydrogen) atoms. The molecule has 0 aliphatic heterocycles. The van der Waals surface area contributed by atoms with Gasteiger partial charge in [0.05, 0.1) is 0 Å². The van der Waals surface area contributed by atoms with Crippen molar-refractivity contribution in [3.05, 3.63) is 40.9 Å². The highest BCUT2D eigenvalue weighted by molar-refractivity contribution is 6.31. The molecule has 1 aromatic carbocycles. The van der Waals surface area contributed by atoms with E-state index in [0.717, 1.165) is 12.0 Å². The summed E-state index contributed by atoms with van der Waals surface area (Å²) in [5.74, 6) is 0.535. The van der Waals surface area contributed by atoms with Crippen LogP contribution in [0.4, 0.5) is 0 Å². The number of carbonyl (C=O) groups is 1. The van der Waals surface area contributed by atoms with Gasteiger partial charge in [-0.05, 0) is 44.0 Å². The molecule has 0 saturated carbocycles. The van der Waals surface area contributed by atoms with E-state index in [9.17, 15) is 4.79 Å². The molecule has 3 nitrogen and oxygen atoms in total. The molecule has 1 N–H and O–H groups in total. The number of hydrogen-bond acceptors (Lipinski definition) is 2. The molecule has 0 bridgehead atoms. The van der Waals surface area contributed by atoms with Gasteiger partial charge < -0.3 is 10.1 Å². The normalized spacial score (nSPS) is 10.6. The first-order chi connectivity index (χ1) is 8.63. The van der Waals surface area contributed by atoms with Crippen LogP contribution >= 0.6 is 11.6 Å². The van der Waals surface area contributed by atoms with Crippen LogP contribution in [0.5, 0.6) is 5.75 Å². The molecule has 1 amide bonds. The second-order valence-corrected chi connectivity index (χ2v) is 4.31. The van der Waals surface area contributed by atoms with Gasteiger partial charge in [-0.2, -0.15) is 0 Å². The van der Waals surface area contributed by atoms with Gasteiger partial charge >= 0.3 is 0 Å². The number of halogens is 1. The Morgan fingerprint density at radius 3 is 2.94 bits per heavy atom. The topological polar surface area (TPSA) is 38.3 Å². The van der Waals surface area contributed by atoms with Crippen LogP contribution in [0.15, 0.2) is 30.4 Å². The molecule has 0 heterocycles. The molecule has 0 aromatic heterocycles. The van der Waals surface area contributed by atoms with E-state index in [1.54, 1.807) is 12.1 Å². The number of hydrogen-bond donors (Lipinski definition) is 1. The summed E-state index contributed by atoms with van der Waals surface area (Å²) in [4.78, 5) is 11.4. The third-order valence-electron chi connectivity index (χ3n) is 2.37. The third-order valence-corrected chi connectivity index (χ3v) is 2.79. The Bertz CT molecular complexity index is 430. The second-order valence-electron chi connectivity index (χ2n) is 3.91. The number of carbonyl (C=O) groups excluding carboxylic acids is 1. The van der Waals surface area contributed by atoms with Crippen molar-refractivity contribution in [3.8, 4) is 5.75 Å². The van der Waals surface area contributed by atoms with Crippen molar-refractivity contribution in [2.45, 2.75) is 20.3 Å². The number of ether oxygens (including phenoxy) is 1. The van der Waals surface area contributed by atoms with Gasteiger partial charge in [-0.1, -0.05) is 23.8 Å². The molecule has 0 spiro atoms. The summed E-state index contributed by atoms with van der Waals surface area (Å²) in [5, 5.41) is 3.47. The van der Waals surface area contributed by atoms with Crippen molar-refractivity contribution < 1.29 is 9.53 Å². The molecule has 0 saturated heterocycles. The van der Waals surface area contributed by atoms with E-state index in [1.165, 1.54) is 0 Å². The van der Waals surface area contributed by atoms with Gasteiger partial charge in [-0.25, -0.2) is 0 Å². The summed E-state index contributed by atoms with van der Waals surface area (Å²) in [5.41, 5.74) is 0.933. The van der Waals surface area contributed by atoms with Crippen LogP contribution in [0.2, 0.25) is 5.02 Å². The second kappa shape index (κ2) is 7.77. The average Bonchev–Trinajstić information content (AvgIpc) is 2.36. The van der Waals surface area contributed by atoms with Crippen LogP contribution in [0, 0.1) is 6.92 Å². The minimum absolute atomic E-state index is 0.0247. The highest BCUT2D eigenvalue weighted by Crippen LogP contribution is 2.20. The Labute approximate surface area is 113 Å². The first-order valence-corrected chi connectivity index (χ1v) is 6.28. The number of nitrogens with one attached hydrogen (secondary N) is 1. The maximum absolute atomic E-state index is 11.4. The first kappa shape index (κ1) is 14.6. The zero-order valence-corrected chi connectivity index (χ0v) is 11.5. The average molecular weight is 268 g/mol. The lowest BCUT2D eigenvalue weighted by atomic mass is 10.2. The minimum Gasteiger partial charge on any atom is -0.484 e. The molecular formula is C14H18ClNO2. The van der Waals surface area contributed by atoms with E-state index in [-0.39, 0.29) is 12.5 Å². The summed E-state index contributed by atoms with van der Waals surface area (Å²) >= 11 is 5.90. The van der Waals surface area contributed by atoms with Gasteiger partial charge in [0.25, 0.3) is 5.91 Å². The predicted octanol–water partition coefficient (Wildman–Crippen LogP) is 3.11. The Balaban J connectivity index is 2.31. The van der Waals surface area contributed by atoms with Crippen LogP contribution in [0.1, 0.15) is 18.9 Å². The lowest BCUT2D eigenvalue weighted by molar-refractivity contribution is -0.123. The van der Waals surface area contributed by atoms with Crippen molar-refractivity contribution in [3.63, 3.8) is 0 Å². The van der Waals surface area contributed by atoms with Crippen LogP contribution in [-0.4, -0.2) is 19.1 Å². The molecule has 4 heteroatoms. The zero-order valence-electron chi connectivity index (χ0n) is 10.7. The van der Waals surface area contributed by atoms with Crippen molar-refractivity contribution in [2.75, 3.05) is 13.2 Å². The van der Waals surface area contributed by atoms with Crippen molar-refractivity contribution in [1.29, 1.82) is 0 Å². The Morgan fingerprint density at radius 1 is 1.50 bits per heavy atom. The van der Waals surface area contributed by atoms with Gasteiger partial charge in [0, 0.05) is 11.6 Å². The van der Waals surface area contributed by atoms with Crippen LogP contribution < -0.4 is 10.1 Å². The number of benzene rings is 1. The molecular weight excluding hydrogens is 250 g/mol. The van der Waals surface area contributed by atoms with E-state index in [0.29, 0.717) is 17.3 Å². The van der Waals surface area contributed by atoms with E-state index in [4.69, 9.17) is 16.3 Å². The molecule has 0 fully saturated rings. The van der Waals surface area contributed by atoms with E-state index >= 15 is 0 Å². The van der Waals surface area contributed by atoms with Gasteiger partial charge in [0.15, 0.2) is 6.61 Å². The SMILES string of the molecule is C/C=C/CCNC(=O)COc1ccc(Cl)c(C)c1. The summed E-state index contributed by atoms with van der Waals surface area (Å²) in [6, 6.07) is 5.33. The number of amides is 1. The highest BCUT2D eigenvalue weighted by atomic mass is 35.5. The molecule has 1 rings (SSSR count). The highest BCUT2D eigenvalue weighted by Gasteiger charge is 2.03. The monoisotopic (exact) mass is 267 g/mol. The summed E-state index contributed by atoms with van der Waals surface area (Å²) in [6.07, 6.45) is 4.80. The molecule has 0 atom stereocenters. The van der Waals surface area contributed by atoms with Gasteiger partial charge in [0.2, 0.25) is 0 Å². The Kier molecular flexibility index (Phi) is 6.29. The first-order valence-electron chi connectivity index (χ1n) is 5.90. The van der Waals surface area contributed by atoms with Crippen molar-refractivity contribution >= 4 is 17.5 Å². The molecule has 0 aliphatic carbocycles. The number of allylic oxidation sites excluding steroid dienone is 1. The summed E-state index contributed by atoms with van der Waals surface area (Å²) in [6.45, 7) is 4.50. The zero-order chi connectivity index (χ0) is 13.4. The van der Waals surface area contributed by atoms with Gasteiger partial charge in [-0.3, -0.25) is 4.79 Å². The fraction of sp³-hybridized carbons (Fsp3) is 0.357. The molecule has 1 aromatic rings. The fourth-order valence-corrected chi connectivity index (χ4v) is 1.49. The van der Waals surface area contributed by atoms with Crippen LogP contribution in [0.3, 0.4) is 0 Å². The Morgan fingerprint density at radius 2 is 2.28 bits per heavy atom. The van der Waals surface area contributed by atoms with Crippen LogP contribution in [-0.2, 0) is 4.79 Å². The third kappa shape index (κ3) is 5.23. The molecule has 98 valence electrons. The largest absolute Gasteiger partial charge is 0.484 e. The maximum atomic E-state index is 11.4. The Hall–Kier alpha value is -1.48. The van der Waals surface area contributed by atoms with Gasteiger partial charge in [0.1, 0.15) is 5.75 Å². The molecule has 0 aliphatic rings. The number of aryl methyl sites for hydroxylation is 1. The summed E-state index contributed by atoms with van der Waals surface area (Å²) in [7, 11) is 0. The number of rotatable bonds is 6. The van der Waals surface area contributed by atoms with Crippen molar-refractivity contribution in [2.24, 2.45) is 0 Å². The standard InChI is InChI=1S/C14H18ClNO2/c1-3-4-5-8-16-14(17)10-18-12-6-7-13(15)11(2)9-12/h3-4,6-7,9H,5,8,10H2,1-2H3,(H,16,17)/b4-3+. The fourth-order valence-electron chi connectivity index (χ4n) is 1.37. The molecule has 0 unspecified atom stereocenters. The smallest absolute Gasteiger partial charge is 0.257 e. The minimum atomic E-state index is -0.118. The lowest BCUT2D eigenvalue weighted by Gasteiger charge is -2.08. The van der Waals surface area contributed by atoms with Gasteiger partial charge in [-0.15, -0.1) is 0 Å². The van der Waals surface area contributed by atoms with Crippen molar-refractivity contribution in [1.82, 2.24) is 5.32 Å². The van der Waals surface area contributed by atoms with E-state index in [1.807, 2.05) is 32.1 Å². The predicted molar refractivity (Wildman–Crippen MR) is 74.1 cm³/mol. The quantitative estimate of drug-likeness (QED) is 0.635. The van der Waals surface area contributed by atoms with E-state index in [2.05, 4.69) is 5.32 Å². The van der Waals surface area contributed by atoms with E-state index < -0.39 is 0 Å². The maximum Gasteiger partial charge on any atom is 0.257 e. The van der Waals surface area contributed by atoms with Crippen LogP contribution in [0.25, 0.3) is 0 Å².